The van der Waals surface area contributed by atoms with E-state index >= 15 is 0 Å². The molecule has 0 atom stereocenters. The Morgan fingerprint density at radius 3 is 2.33 bits per heavy atom. The second-order valence-corrected chi connectivity index (χ2v) is 5.33. The summed E-state index contributed by atoms with van der Waals surface area (Å²) in [5, 5.41) is 10.6. The second-order valence-electron chi connectivity index (χ2n) is 5.33. The number of nitrogens with two attached hydrogens (primary N) is 1. The first-order valence-electron chi connectivity index (χ1n) is 6.59. The van der Waals surface area contributed by atoms with Gasteiger partial charge in [-0.15, -0.1) is 0 Å². The highest BCUT2D eigenvalue weighted by Crippen LogP contribution is 2.40. The summed E-state index contributed by atoms with van der Waals surface area (Å²) in [4.78, 5) is 10.2. The summed E-state index contributed by atoms with van der Waals surface area (Å²) in [5.74, 6) is 0. The third kappa shape index (κ3) is 2.88. The molecule has 2 rings (SSSR count). The quantitative estimate of drug-likeness (QED) is 0.643. The van der Waals surface area contributed by atoms with Gasteiger partial charge in [-0.3, -0.25) is 10.1 Å². The maximum atomic E-state index is 10.6. The molecule has 0 unspecified atom stereocenters. The Kier molecular flexibility index (Phi) is 3.97. The van der Waals surface area contributed by atoms with E-state index in [0.717, 1.165) is 19.4 Å². The van der Waals surface area contributed by atoms with Crippen LogP contribution in [0.4, 0.5) is 5.69 Å². The molecule has 4 heteroatoms. The lowest BCUT2D eigenvalue weighted by atomic mass is 9.80. The van der Waals surface area contributed by atoms with Crippen LogP contribution in [0.25, 0.3) is 0 Å². The molecule has 1 aliphatic rings. The first-order chi connectivity index (χ1) is 8.65. The minimum absolute atomic E-state index is 0.160. The fraction of sp³-hybridized carbons (Fsp3) is 0.571. The Labute approximate surface area is 107 Å². The van der Waals surface area contributed by atoms with Crippen molar-refractivity contribution in [2.45, 2.75) is 38.5 Å². The zero-order chi connectivity index (χ0) is 13.0. The van der Waals surface area contributed by atoms with Crippen LogP contribution in [0.3, 0.4) is 0 Å². The van der Waals surface area contributed by atoms with Crippen LogP contribution in [0.5, 0.6) is 0 Å². The van der Waals surface area contributed by atoms with Crippen molar-refractivity contribution in [2.75, 3.05) is 6.54 Å². The summed E-state index contributed by atoms with van der Waals surface area (Å²) in [6, 6.07) is 6.88. The fourth-order valence-electron chi connectivity index (χ4n) is 2.88. The van der Waals surface area contributed by atoms with Crippen molar-refractivity contribution in [1.82, 2.24) is 0 Å². The van der Waals surface area contributed by atoms with Crippen molar-refractivity contribution in [3.05, 3.63) is 39.9 Å². The van der Waals surface area contributed by atoms with E-state index in [1.807, 2.05) is 12.1 Å². The molecule has 0 bridgehead atoms. The van der Waals surface area contributed by atoms with Crippen LogP contribution in [0.1, 0.15) is 37.7 Å². The largest absolute Gasteiger partial charge is 0.330 e. The van der Waals surface area contributed by atoms with Gasteiger partial charge in [0.1, 0.15) is 0 Å². The highest BCUT2D eigenvalue weighted by atomic mass is 16.6. The lowest BCUT2D eigenvalue weighted by Gasteiger charge is -2.27. The average Bonchev–Trinajstić information content (AvgIpc) is 2.86. The SMILES string of the molecule is NCC1(CCc2ccc([N+](=O)[O-])cc2)CCCC1. The Hall–Kier alpha value is -1.42. The van der Waals surface area contributed by atoms with Gasteiger partial charge in [0.25, 0.3) is 5.69 Å². The van der Waals surface area contributed by atoms with Gasteiger partial charge in [0.05, 0.1) is 4.92 Å². The zero-order valence-corrected chi connectivity index (χ0v) is 10.6. The Morgan fingerprint density at radius 1 is 1.22 bits per heavy atom. The highest BCUT2D eigenvalue weighted by molar-refractivity contribution is 5.32. The molecule has 0 aliphatic heterocycles. The van der Waals surface area contributed by atoms with Crippen molar-refractivity contribution in [3.63, 3.8) is 0 Å². The van der Waals surface area contributed by atoms with Gasteiger partial charge in [0.2, 0.25) is 0 Å². The number of hydrogen-bond donors (Lipinski definition) is 1. The van der Waals surface area contributed by atoms with Crippen molar-refractivity contribution in [3.8, 4) is 0 Å². The van der Waals surface area contributed by atoms with E-state index in [-0.39, 0.29) is 10.6 Å². The summed E-state index contributed by atoms with van der Waals surface area (Å²) >= 11 is 0. The first-order valence-corrected chi connectivity index (χ1v) is 6.59. The maximum absolute atomic E-state index is 10.6. The minimum Gasteiger partial charge on any atom is -0.330 e. The number of non-ortho nitro benzene ring substituents is 1. The van der Waals surface area contributed by atoms with Crippen molar-refractivity contribution >= 4 is 5.69 Å². The number of aryl methyl sites for hydroxylation is 1. The van der Waals surface area contributed by atoms with Crippen LogP contribution in [0.2, 0.25) is 0 Å². The second kappa shape index (κ2) is 5.48. The molecule has 0 radical (unpaired) electrons. The molecule has 1 aliphatic carbocycles. The smallest absolute Gasteiger partial charge is 0.269 e. The summed E-state index contributed by atoms with van der Waals surface area (Å²) in [5.41, 5.74) is 7.56. The summed E-state index contributed by atoms with van der Waals surface area (Å²) in [6.45, 7) is 0.764. The van der Waals surface area contributed by atoms with E-state index in [9.17, 15) is 10.1 Å². The third-order valence-electron chi connectivity index (χ3n) is 4.19. The summed E-state index contributed by atoms with van der Waals surface area (Å²) in [6.07, 6.45) is 7.11. The van der Waals surface area contributed by atoms with Gasteiger partial charge < -0.3 is 5.73 Å². The van der Waals surface area contributed by atoms with Crippen molar-refractivity contribution in [1.29, 1.82) is 0 Å². The Balaban J connectivity index is 1.95. The van der Waals surface area contributed by atoms with Crippen LogP contribution in [-0.2, 0) is 6.42 Å². The molecule has 98 valence electrons. The number of nitro groups is 1. The molecule has 2 N–H and O–H groups in total. The van der Waals surface area contributed by atoms with E-state index in [4.69, 9.17) is 5.73 Å². The van der Waals surface area contributed by atoms with E-state index in [0.29, 0.717) is 5.41 Å². The lowest BCUT2D eigenvalue weighted by molar-refractivity contribution is -0.384. The van der Waals surface area contributed by atoms with Crippen LogP contribution < -0.4 is 5.73 Å². The molecular weight excluding hydrogens is 228 g/mol. The van der Waals surface area contributed by atoms with Gasteiger partial charge in [-0.1, -0.05) is 25.0 Å². The molecule has 4 nitrogen and oxygen atoms in total. The number of nitro benzene ring substituents is 1. The molecule has 0 amide bonds. The van der Waals surface area contributed by atoms with Crippen molar-refractivity contribution in [2.24, 2.45) is 11.1 Å². The average molecular weight is 248 g/mol. The van der Waals surface area contributed by atoms with Gasteiger partial charge in [-0.25, -0.2) is 0 Å². The van der Waals surface area contributed by atoms with Gasteiger partial charge in [-0.05, 0) is 43.2 Å². The van der Waals surface area contributed by atoms with E-state index < -0.39 is 0 Å². The van der Waals surface area contributed by atoms with E-state index in [1.165, 1.54) is 31.2 Å². The third-order valence-corrected chi connectivity index (χ3v) is 4.19. The van der Waals surface area contributed by atoms with Crippen LogP contribution >= 0.6 is 0 Å². The monoisotopic (exact) mass is 248 g/mol. The molecule has 0 spiro atoms. The Bertz CT molecular complexity index is 408. The molecule has 0 saturated heterocycles. The molecule has 0 heterocycles. The summed E-state index contributed by atoms with van der Waals surface area (Å²) < 4.78 is 0. The molecule has 18 heavy (non-hydrogen) atoms. The van der Waals surface area contributed by atoms with Crippen molar-refractivity contribution < 1.29 is 4.92 Å². The van der Waals surface area contributed by atoms with Crippen LogP contribution in [0.15, 0.2) is 24.3 Å². The number of rotatable bonds is 5. The van der Waals surface area contributed by atoms with Gasteiger partial charge in [0.15, 0.2) is 0 Å². The van der Waals surface area contributed by atoms with Gasteiger partial charge in [-0.2, -0.15) is 0 Å². The predicted molar refractivity (Wildman–Crippen MR) is 71.4 cm³/mol. The molecule has 0 aromatic heterocycles. The number of hydrogen-bond acceptors (Lipinski definition) is 3. The molecule has 1 aromatic rings. The standard InChI is InChI=1S/C14H20N2O2/c15-11-14(8-1-2-9-14)10-7-12-3-5-13(6-4-12)16(17)18/h3-6H,1-2,7-11,15H2. The molecule has 1 aromatic carbocycles. The zero-order valence-electron chi connectivity index (χ0n) is 10.6. The minimum atomic E-state index is -0.359. The van der Waals surface area contributed by atoms with E-state index in [2.05, 4.69) is 0 Å². The molecular formula is C14H20N2O2. The number of benzene rings is 1. The van der Waals surface area contributed by atoms with Crippen LogP contribution in [0, 0.1) is 15.5 Å². The van der Waals surface area contributed by atoms with Gasteiger partial charge in [0, 0.05) is 12.1 Å². The maximum Gasteiger partial charge on any atom is 0.269 e. The summed E-state index contributed by atoms with van der Waals surface area (Å²) in [7, 11) is 0. The first kappa shape index (κ1) is 13.0. The fourth-order valence-corrected chi connectivity index (χ4v) is 2.88. The highest BCUT2D eigenvalue weighted by Gasteiger charge is 2.31. The molecule has 1 fully saturated rings. The Morgan fingerprint density at radius 2 is 1.83 bits per heavy atom. The predicted octanol–water partition coefficient (Wildman–Crippen LogP) is 3.05. The molecule has 1 saturated carbocycles. The normalized spacial score (nSPS) is 17.8. The van der Waals surface area contributed by atoms with Gasteiger partial charge >= 0.3 is 0 Å². The van der Waals surface area contributed by atoms with E-state index in [1.54, 1.807) is 12.1 Å². The van der Waals surface area contributed by atoms with Crippen LogP contribution in [-0.4, -0.2) is 11.5 Å². The topological polar surface area (TPSA) is 69.2 Å². The lowest BCUT2D eigenvalue weighted by Crippen LogP contribution is -2.27. The number of nitrogens with zero attached hydrogens (tertiary/aromatic N) is 1.